The standard InChI is InChI=1S/C21H23ClN6.C3H8O2/c1-13-10-24-19-9-15(18(22)11-28(13)19)4-2-14-3-5-16(8-14)27-7-6-17-20(23)25-12-26-21(17)27;1-3(2,4)5/h6-7,9-12,14,16H,2-5,8H2,1H3,(H2,23,25,26);4-5H,1-2H3. The lowest BCUT2D eigenvalue weighted by Gasteiger charge is -2.15. The number of anilines is 1. The Morgan fingerprint density at radius 3 is 2.73 bits per heavy atom. The number of hydrogen-bond donors (Lipinski definition) is 3. The molecule has 1 aliphatic carbocycles. The molecule has 0 spiro atoms. The zero-order valence-electron chi connectivity index (χ0n) is 19.2. The van der Waals surface area contributed by atoms with Gasteiger partial charge in [0.05, 0.1) is 10.4 Å². The molecular weight excluding hydrogens is 440 g/mol. The van der Waals surface area contributed by atoms with Gasteiger partial charge in [0.25, 0.3) is 0 Å². The maximum atomic E-state index is 8.08. The molecule has 4 aromatic rings. The summed E-state index contributed by atoms with van der Waals surface area (Å²) in [6.45, 7) is 4.64. The van der Waals surface area contributed by atoms with E-state index in [-0.39, 0.29) is 0 Å². The van der Waals surface area contributed by atoms with E-state index < -0.39 is 5.79 Å². The molecule has 33 heavy (non-hydrogen) atoms. The molecule has 9 heteroatoms. The molecule has 0 aliphatic heterocycles. The molecule has 4 heterocycles. The van der Waals surface area contributed by atoms with Crippen LogP contribution in [0.4, 0.5) is 5.82 Å². The fourth-order valence-electron chi connectivity index (χ4n) is 4.56. The van der Waals surface area contributed by atoms with Crippen LogP contribution in [0, 0.1) is 12.8 Å². The first-order valence-corrected chi connectivity index (χ1v) is 11.6. The number of nitrogen functional groups attached to an aromatic ring is 1. The summed E-state index contributed by atoms with van der Waals surface area (Å²) < 4.78 is 4.32. The van der Waals surface area contributed by atoms with Crippen molar-refractivity contribution < 1.29 is 10.2 Å². The molecule has 1 aliphatic rings. The number of rotatable bonds is 4. The Kier molecular flexibility index (Phi) is 6.61. The summed E-state index contributed by atoms with van der Waals surface area (Å²) in [4.78, 5) is 13.0. The van der Waals surface area contributed by atoms with Gasteiger partial charge in [0.1, 0.15) is 23.4 Å². The minimum atomic E-state index is -1.50. The van der Waals surface area contributed by atoms with Crippen molar-refractivity contribution in [3.63, 3.8) is 0 Å². The first-order chi connectivity index (χ1) is 15.6. The highest BCUT2D eigenvalue weighted by Gasteiger charge is 2.27. The van der Waals surface area contributed by atoms with E-state index in [1.165, 1.54) is 32.3 Å². The lowest BCUT2D eigenvalue weighted by Crippen LogP contribution is -2.15. The Balaban J connectivity index is 0.000000471. The van der Waals surface area contributed by atoms with Crippen LogP contribution >= 0.6 is 11.6 Å². The highest BCUT2D eigenvalue weighted by atomic mass is 35.5. The molecule has 2 unspecified atom stereocenters. The van der Waals surface area contributed by atoms with E-state index >= 15 is 0 Å². The van der Waals surface area contributed by atoms with E-state index in [1.54, 1.807) is 6.33 Å². The van der Waals surface area contributed by atoms with Crippen molar-refractivity contribution in [1.29, 1.82) is 0 Å². The third-order valence-electron chi connectivity index (χ3n) is 6.13. The van der Waals surface area contributed by atoms with E-state index in [0.29, 0.717) is 17.8 Å². The molecule has 4 aromatic heterocycles. The molecule has 1 saturated carbocycles. The van der Waals surface area contributed by atoms with Crippen molar-refractivity contribution in [2.45, 2.75) is 64.7 Å². The molecule has 5 rings (SSSR count). The third kappa shape index (κ3) is 5.46. The normalized spacial score (nSPS) is 18.6. The molecule has 1 fully saturated rings. The van der Waals surface area contributed by atoms with Gasteiger partial charge in [0.15, 0.2) is 5.79 Å². The maximum Gasteiger partial charge on any atom is 0.156 e. The van der Waals surface area contributed by atoms with Crippen molar-refractivity contribution >= 4 is 34.1 Å². The molecule has 0 amide bonds. The Hall–Kier alpha value is -2.68. The minimum Gasteiger partial charge on any atom is -0.383 e. The second-order valence-electron chi connectivity index (χ2n) is 9.36. The van der Waals surface area contributed by atoms with Crippen LogP contribution in [-0.2, 0) is 6.42 Å². The van der Waals surface area contributed by atoms with Crippen LogP contribution in [0.2, 0.25) is 5.02 Å². The van der Waals surface area contributed by atoms with Crippen LogP contribution in [0.3, 0.4) is 0 Å². The number of aryl methyl sites for hydroxylation is 2. The van der Waals surface area contributed by atoms with Crippen LogP contribution in [0.1, 0.15) is 56.8 Å². The summed E-state index contributed by atoms with van der Waals surface area (Å²) in [5.74, 6) is -0.257. The van der Waals surface area contributed by atoms with Gasteiger partial charge in [-0.1, -0.05) is 11.6 Å². The monoisotopic (exact) mass is 470 g/mol. The molecule has 4 N–H and O–H groups in total. The zero-order chi connectivity index (χ0) is 23.8. The van der Waals surface area contributed by atoms with Gasteiger partial charge in [0, 0.05) is 30.3 Å². The van der Waals surface area contributed by atoms with Crippen LogP contribution in [-0.4, -0.2) is 39.9 Å². The average molecular weight is 471 g/mol. The van der Waals surface area contributed by atoms with Gasteiger partial charge in [-0.3, -0.25) is 0 Å². The molecular formula is C24H31ClN6O2. The van der Waals surface area contributed by atoms with Crippen molar-refractivity contribution in [2.75, 3.05) is 5.73 Å². The van der Waals surface area contributed by atoms with E-state index in [9.17, 15) is 0 Å². The largest absolute Gasteiger partial charge is 0.383 e. The minimum absolute atomic E-state index is 0.477. The summed E-state index contributed by atoms with van der Waals surface area (Å²) in [6, 6.07) is 4.63. The number of nitrogens with two attached hydrogens (primary N) is 1. The lowest BCUT2D eigenvalue weighted by molar-refractivity contribution is -0.127. The van der Waals surface area contributed by atoms with E-state index in [4.69, 9.17) is 27.5 Å². The van der Waals surface area contributed by atoms with Crippen molar-refractivity contribution in [2.24, 2.45) is 5.92 Å². The predicted molar refractivity (Wildman–Crippen MR) is 130 cm³/mol. The molecule has 176 valence electrons. The second-order valence-corrected chi connectivity index (χ2v) is 9.77. The Morgan fingerprint density at radius 2 is 1.97 bits per heavy atom. The second kappa shape index (κ2) is 9.29. The van der Waals surface area contributed by atoms with Gasteiger partial charge in [-0.2, -0.15) is 0 Å². The Labute approximate surface area is 198 Å². The zero-order valence-corrected chi connectivity index (χ0v) is 20.0. The summed E-state index contributed by atoms with van der Waals surface area (Å²) in [5.41, 5.74) is 10.2. The topological polar surface area (TPSA) is 114 Å². The fraction of sp³-hybridized carbons (Fsp3) is 0.458. The Morgan fingerprint density at radius 1 is 1.21 bits per heavy atom. The molecule has 2 atom stereocenters. The SMILES string of the molecule is CC(C)(O)O.Cc1cnc2cc(CCC3CCC(n4ccc5c(N)ncnc54)C3)c(Cl)cn12. The van der Waals surface area contributed by atoms with Crippen LogP contribution in [0.15, 0.2) is 37.1 Å². The number of imidazole rings is 1. The van der Waals surface area contributed by atoms with Gasteiger partial charge >= 0.3 is 0 Å². The predicted octanol–water partition coefficient (Wildman–Crippen LogP) is 4.30. The summed E-state index contributed by atoms with van der Waals surface area (Å²) in [5, 5.41) is 17.9. The number of aromatic nitrogens is 5. The number of pyridine rings is 1. The van der Waals surface area contributed by atoms with Crippen molar-refractivity contribution in [3.8, 4) is 0 Å². The maximum absolute atomic E-state index is 8.08. The first-order valence-electron chi connectivity index (χ1n) is 11.2. The molecule has 0 aromatic carbocycles. The van der Waals surface area contributed by atoms with Gasteiger partial charge < -0.3 is 24.9 Å². The number of halogens is 1. The van der Waals surface area contributed by atoms with Crippen LogP contribution in [0.25, 0.3) is 16.7 Å². The van der Waals surface area contributed by atoms with Crippen molar-refractivity contribution in [3.05, 3.63) is 53.3 Å². The highest BCUT2D eigenvalue weighted by Crippen LogP contribution is 2.39. The van der Waals surface area contributed by atoms with Crippen LogP contribution in [0.5, 0.6) is 0 Å². The number of aliphatic hydroxyl groups is 2. The molecule has 0 bridgehead atoms. The third-order valence-corrected chi connectivity index (χ3v) is 6.47. The summed E-state index contributed by atoms with van der Waals surface area (Å²) in [6.07, 6.45) is 13.2. The van der Waals surface area contributed by atoms with E-state index in [2.05, 4.69) is 31.8 Å². The van der Waals surface area contributed by atoms with E-state index in [0.717, 1.165) is 46.7 Å². The Bertz CT molecular complexity index is 1250. The quantitative estimate of drug-likeness (QED) is 0.383. The van der Waals surface area contributed by atoms with E-state index in [1.807, 2.05) is 29.8 Å². The van der Waals surface area contributed by atoms with Gasteiger partial charge in [-0.05, 0) is 76.5 Å². The van der Waals surface area contributed by atoms with Gasteiger partial charge in [-0.25, -0.2) is 15.0 Å². The molecule has 0 saturated heterocycles. The fourth-order valence-corrected chi connectivity index (χ4v) is 4.81. The molecule has 8 nitrogen and oxygen atoms in total. The van der Waals surface area contributed by atoms with Gasteiger partial charge in [0.2, 0.25) is 0 Å². The number of nitrogens with zero attached hydrogens (tertiary/aromatic N) is 5. The number of fused-ring (bicyclic) bond motifs is 2. The lowest BCUT2D eigenvalue weighted by atomic mass is 9.98. The highest BCUT2D eigenvalue weighted by molar-refractivity contribution is 6.31. The van der Waals surface area contributed by atoms with Crippen molar-refractivity contribution in [1.82, 2.24) is 23.9 Å². The number of hydrogen-bond acceptors (Lipinski definition) is 6. The summed E-state index contributed by atoms with van der Waals surface area (Å²) >= 11 is 6.53. The smallest absolute Gasteiger partial charge is 0.156 e. The average Bonchev–Trinajstić information content (AvgIpc) is 3.45. The van der Waals surface area contributed by atoms with Crippen LogP contribution < -0.4 is 5.73 Å². The molecule has 0 radical (unpaired) electrons. The van der Waals surface area contributed by atoms with Gasteiger partial charge in [-0.15, -0.1) is 0 Å². The summed E-state index contributed by atoms with van der Waals surface area (Å²) in [7, 11) is 0. The first kappa shape index (κ1) is 23.5.